The highest BCUT2D eigenvalue weighted by atomic mass is 16.5. The Kier molecular flexibility index (Phi) is 6.80. The molecule has 3 aromatic rings. The first-order valence-corrected chi connectivity index (χ1v) is 10.2. The molecule has 6 heteroatoms. The van der Waals surface area contributed by atoms with Crippen LogP contribution in [0.3, 0.4) is 0 Å². The van der Waals surface area contributed by atoms with E-state index in [4.69, 9.17) is 9.47 Å². The van der Waals surface area contributed by atoms with Crippen molar-refractivity contribution < 1.29 is 24.2 Å². The van der Waals surface area contributed by atoms with Crippen molar-refractivity contribution in [2.75, 3.05) is 14.2 Å². The standard InChI is InChI=1S/C25H27NO5/c1-5-6-18(19-9-8-17(25(29)31-4)13-23(19)30-3)21-14-26-22-10-7-16(12-20(21)22)11-15(2)24(27)28/h7-14,18,26H,5-6H2,1-4H3,(H,27,28)/b15-11+. The van der Waals surface area contributed by atoms with Gasteiger partial charge in [0.2, 0.25) is 0 Å². The summed E-state index contributed by atoms with van der Waals surface area (Å²) in [4.78, 5) is 26.5. The van der Waals surface area contributed by atoms with Gasteiger partial charge in [0.1, 0.15) is 5.75 Å². The van der Waals surface area contributed by atoms with Crippen LogP contribution in [0.5, 0.6) is 5.75 Å². The van der Waals surface area contributed by atoms with Gasteiger partial charge in [-0.15, -0.1) is 0 Å². The van der Waals surface area contributed by atoms with Gasteiger partial charge in [-0.1, -0.05) is 25.5 Å². The number of carboxylic acids is 1. The van der Waals surface area contributed by atoms with Crippen molar-refractivity contribution in [3.63, 3.8) is 0 Å². The van der Waals surface area contributed by atoms with Crippen LogP contribution < -0.4 is 4.74 Å². The number of aliphatic carboxylic acids is 1. The summed E-state index contributed by atoms with van der Waals surface area (Å²) in [6.07, 6.45) is 5.50. The highest BCUT2D eigenvalue weighted by Crippen LogP contribution is 2.39. The van der Waals surface area contributed by atoms with Gasteiger partial charge in [-0.05, 0) is 54.8 Å². The number of H-pyrrole nitrogens is 1. The summed E-state index contributed by atoms with van der Waals surface area (Å²) in [6.45, 7) is 3.71. The van der Waals surface area contributed by atoms with Crippen LogP contribution in [0.15, 0.2) is 48.2 Å². The number of carbonyl (C=O) groups is 2. The van der Waals surface area contributed by atoms with Gasteiger partial charge >= 0.3 is 11.9 Å². The van der Waals surface area contributed by atoms with Crippen LogP contribution in [0.1, 0.15) is 59.7 Å². The van der Waals surface area contributed by atoms with E-state index in [1.807, 2.05) is 30.5 Å². The molecular formula is C25H27NO5. The maximum absolute atomic E-state index is 11.9. The summed E-state index contributed by atoms with van der Waals surface area (Å²) in [5, 5.41) is 10.2. The highest BCUT2D eigenvalue weighted by molar-refractivity contribution is 5.93. The van der Waals surface area contributed by atoms with Gasteiger partial charge in [-0.3, -0.25) is 0 Å². The molecule has 6 nitrogen and oxygen atoms in total. The van der Waals surface area contributed by atoms with Crippen molar-refractivity contribution in [2.45, 2.75) is 32.6 Å². The fourth-order valence-corrected chi connectivity index (χ4v) is 3.86. The molecule has 0 amide bonds. The van der Waals surface area contributed by atoms with Crippen molar-refractivity contribution in [3.8, 4) is 5.75 Å². The van der Waals surface area contributed by atoms with Crippen LogP contribution in [-0.4, -0.2) is 36.2 Å². The number of esters is 1. The summed E-state index contributed by atoms with van der Waals surface area (Å²) in [5.41, 5.74) is 4.61. The summed E-state index contributed by atoms with van der Waals surface area (Å²) >= 11 is 0. The van der Waals surface area contributed by atoms with Crippen LogP contribution in [0.25, 0.3) is 17.0 Å². The topological polar surface area (TPSA) is 88.6 Å². The molecule has 2 aromatic carbocycles. The monoisotopic (exact) mass is 421 g/mol. The zero-order valence-electron chi connectivity index (χ0n) is 18.2. The number of fused-ring (bicyclic) bond motifs is 1. The number of ether oxygens (including phenoxy) is 2. The van der Waals surface area contributed by atoms with Gasteiger partial charge in [0, 0.05) is 34.2 Å². The smallest absolute Gasteiger partial charge is 0.337 e. The molecule has 1 atom stereocenters. The normalized spacial score (nSPS) is 12.6. The average molecular weight is 421 g/mol. The molecule has 162 valence electrons. The highest BCUT2D eigenvalue weighted by Gasteiger charge is 2.22. The molecule has 0 aliphatic carbocycles. The molecule has 0 radical (unpaired) electrons. The molecule has 0 aliphatic heterocycles. The largest absolute Gasteiger partial charge is 0.496 e. The van der Waals surface area contributed by atoms with E-state index in [1.165, 1.54) is 7.11 Å². The van der Waals surface area contributed by atoms with Gasteiger partial charge in [0.15, 0.2) is 0 Å². The number of benzene rings is 2. The van der Waals surface area contributed by atoms with Crippen molar-refractivity contribution in [2.24, 2.45) is 0 Å². The maximum atomic E-state index is 11.9. The van der Waals surface area contributed by atoms with Crippen LogP contribution in [0, 0.1) is 0 Å². The van der Waals surface area contributed by atoms with Crippen LogP contribution in [-0.2, 0) is 9.53 Å². The number of hydrogen-bond acceptors (Lipinski definition) is 4. The Morgan fingerprint density at radius 1 is 1.13 bits per heavy atom. The molecule has 0 saturated heterocycles. The molecule has 1 aromatic heterocycles. The fourth-order valence-electron chi connectivity index (χ4n) is 3.86. The second-order valence-corrected chi connectivity index (χ2v) is 7.47. The first kappa shape index (κ1) is 22.2. The Hall–Kier alpha value is -3.54. The summed E-state index contributed by atoms with van der Waals surface area (Å²) in [7, 11) is 2.95. The van der Waals surface area contributed by atoms with E-state index in [9.17, 15) is 14.7 Å². The summed E-state index contributed by atoms with van der Waals surface area (Å²) < 4.78 is 10.5. The quantitative estimate of drug-likeness (QED) is 0.376. The number of nitrogens with one attached hydrogen (secondary N) is 1. The lowest BCUT2D eigenvalue weighted by Crippen LogP contribution is -2.06. The summed E-state index contributed by atoms with van der Waals surface area (Å²) in [5.74, 6) is -0.670. The average Bonchev–Trinajstić information content (AvgIpc) is 3.19. The van der Waals surface area contributed by atoms with Crippen LogP contribution in [0.4, 0.5) is 0 Å². The molecule has 1 unspecified atom stereocenters. The second-order valence-electron chi connectivity index (χ2n) is 7.47. The Balaban J connectivity index is 2.12. The second kappa shape index (κ2) is 9.51. The number of carbonyl (C=O) groups excluding carboxylic acids is 1. The molecule has 0 fully saturated rings. The van der Waals surface area contributed by atoms with Gasteiger partial charge < -0.3 is 19.6 Å². The summed E-state index contributed by atoms with van der Waals surface area (Å²) in [6, 6.07) is 11.2. The number of hydrogen-bond donors (Lipinski definition) is 2. The third kappa shape index (κ3) is 4.63. The molecular weight excluding hydrogens is 394 g/mol. The molecule has 0 spiro atoms. The third-order valence-electron chi connectivity index (χ3n) is 5.44. The minimum absolute atomic E-state index is 0.0418. The lowest BCUT2D eigenvalue weighted by molar-refractivity contribution is -0.132. The molecule has 0 aliphatic rings. The predicted octanol–water partition coefficient (Wildman–Crippen LogP) is 5.38. The van der Waals surface area contributed by atoms with Crippen molar-refractivity contribution in [1.29, 1.82) is 0 Å². The Bertz CT molecular complexity index is 1140. The molecule has 0 bridgehead atoms. The minimum atomic E-state index is -0.936. The number of aromatic amines is 1. The Labute approximate surface area is 181 Å². The van der Waals surface area contributed by atoms with Crippen molar-refractivity contribution in [3.05, 3.63) is 70.4 Å². The van der Waals surface area contributed by atoms with E-state index in [-0.39, 0.29) is 11.5 Å². The van der Waals surface area contributed by atoms with Crippen LogP contribution in [0.2, 0.25) is 0 Å². The Morgan fingerprint density at radius 3 is 2.55 bits per heavy atom. The first-order chi connectivity index (χ1) is 14.9. The van der Waals surface area contributed by atoms with Gasteiger partial charge in [0.05, 0.1) is 19.8 Å². The zero-order valence-corrected chi connectivity index (χ0v) is 18.2. The molecule has 2 N–H and O–H groups in total. The van der Waals surface area contributed by atoms with E-state index in [0.29, 0.717) is 11.3 Å². The van der Waals surface area contributed by atoms with E-state index in [0.717, 1.165) is 40.4 Å². The molecule has 31 heavy (non-hydrogen) atoms. The lowest BCUT2D eigenvalue weighted by Gasteiger charge is -2.20. The van der Waals surface area contributed by atoms with Crippen LogP contribution >= 0.6 is 0 Å². The zero-order chi connectivity index (χ0) is 22.5. The van der Waals surface area contributed by atoms with E-state index < -0.39 is 11.9 Å². The number of aromatic nitrogens is 1. The number of methoxy groups -OCH3 is 2. The van der Waals surface area contributed by atoms with E-state index in [2.05, 4.69) is 11.9 Å². The fraction of sp³-hybridized carbons (Fsp3) is 0.280. The first-order valence-electron chi connectivity index (χ1n) is 10.2. The van der Waals surface area contributed by atoms with Gasteiger partial charge in [-0.25, -0.2) is 9.59 Å². The van der Waals surface area contributed by atoms with E-state index >= 15 is 0 Å². The Morgan fingerprint density at radius 2 is 1.90 bits per heavy atom. The third-order valence-corrected chi connectivity index (χ3v) is 5.44. The van der Waals surface area contributed by atoms with E-state index in [1.54, 1.807) is 32.2 Å². The molecule has 3 rings (SSSR count). The van der Waals surface area contributed by atoms with Crippen molar-refractivity contribution in [1.82, 2.24) is 4.98 Å². The number of rotatable bonds is 8. The SMILES string of the molecule is CCCC(c1ccc(C(=O)OC)cc1OC)c1c[nH]c2ccc(/C=C(\C)C(=O)O)cc12. The number of carboxylic acid groups (broad SMARTS) is 1. The lowest BCUT2D eigenvalue weighted by atomic mass is 9.86. The molecule has 1 heterocycles. The van der Waals surface area contributed by atoms with Crippen molar-refractivity contribution >= 4 is 28.9 Å². The minimum Gasteiger partial charge on any atom is -0.496 e. The van der Waals surface area contributed by atoms with Gasteiger partial charge in [0.25, 0.3) is 0 Å². The molecule has 0 saturated carbocycles. The predicted molar refractivity (Wildman–Crippen MR) is 121 cm³/mol. The maximum Gasteiger partial charge on any atom is 0.337 e. The van der Waals surface area contributed by atoms with Gasteiger partial charge in [-0.2, -0.15) is 0 Å².